The summed E-state index contributed by atoms with van der Waals surface area (Å²) in [6.07, 6.45) is -3.12. The number of aryl methyl sites for hydroxylation is 1. The van der Waals surface area contributed by atoms with Crippen molar-refractivity contribution >= 4 is 11.9 Å². The first kappa shape index (κ1) is 23.2. The molecule has 2 aromatic rings. The smallest absolute Gasteiger partial charge is 0.484 e. The van der Waals surface area contributed by atoms with E-state index >= 15 is 0 Å². The molecule has 1 aromatic carbocycles. The molecule has 11 heteroatoms. The zero-order valence-corrected chi connectivity index (χ0v) is 16.4. The molecular formula is C19H22F3N3O5. The molecular weight excluding hydrogens is 407 g/mol. The van der Waals surface area contributed by atoms with E-state index in [4.69, 9.17) is 19.4 Å². The number of nitrogens with zero attached hydrogens (tertiary/aromatic N) is 3. The van der Waals surface area contributed by atoms with Gasteiger partial charge in [-0.1, -0.05) is 18.2 Å². The van der Waals surface area contributed by atoms with Crippen LogP contribution in [0.3, 0.4) is 0 Å². The van der Waals surface area contributed by atoms with E-state index in [1.165, 1.54) is 0 Å². The molecule has 0 spiro atoms. The van der Waals surface area contributed by atoms with Crippen molar-refractivity contribution in [3.63, 3.8) is 0 Å². The van der Waals surface area contributed by atoms with E-state index in [-0.39, 0.29) is 18.4 Å². The van der Waals surface area contributed by atoms with Gasteiger partial charge in [0.1, 0.15) is 5.75 Å². The Morgan fingerprint density at radius 3 is 2.47 bits per heavy atom. The second kappa shape index (κ2) is 10.1. The van der Waals surface area contributed by atoms with E-state index < -0.39 is 12.1 Å². The number of alkyl halides is 3. The molecule has 164 valence electrons. The monoisotopic (exact) mass is 429 g/mol. The summed E-state index contributed by atoms with van der Waals surface area (Å²) in [6.45, 7) is 1.77. The van der Waals surface area contributed by atoms with Crippen LogP contribution in [0.5, 0.6) is 5.75 Å². The molecule has 0 fully saturated rings. The summed E-state index contributed by atoms with van der Waals surface area (Å²) >= 11 is 0. The highest BCUT2D eigenvalue weighted by molar-refractivity contribution is 5.78. The van der Waals surface area contributed by atoms with Crippen LogP contribution in [0.1, 0.15) is 17.2 Å². The van der Waals surface area contributed by atoms with Crippen molar-refractivity contribution in [2.45, 2.75) is 18.6 Å². The van der Waals surface area contributed by atoms with Crippen LogP contribution in [0.2, 0.25) is 0 Å². The lowest BCUT2D eigenvalue weighted by molar-refractivity contribution is -0.192. The Kier molecular flexibility index (Phi) is 7.81. The number of halogens is 3. The second-order valence-corrected chi connectivity index (χ2v) is 6.54. The van der Waals surface area contributed by atoms with Gasteiger partial charge in [-0.25, -0.2) is 4.79 Å². The Morgan fingerprint density at radius 2 is 1.90 bits per heavy atom. The second-order valence-electron chi connectivity index (χ2n) is 6.54. The zero-order chi connectivity index (χ0) is 22.3. The highest BCUT2D eigenvalue weighted by atomic mass is 19.4. The number of ether oxygens (including phenoxy) is 2. The van der Waals surface area contributed by atoms with Crippen LogP contribution in [0, 0.1) is 0 Å². The Hall–Kier alpha value is -3.08. The lowest BCUT2D eigenvalue weighted by atomic mass is 9.97. The van der Waals surface area contributed by atoms with Gasteiger partial charge in [-0.2, -0.15) is 18.3 Å². The van der Waals surface area contributed by atoms with E-state index in [0.717, 1.165) is 11.3 Å². The number of hydrogen-bond donors (Lipinski definition) is 1. The number of para-hydroxylation sites is 1. The predicted octanol–water partition coefficient (Wildman–Crippen LogP) is 2.20. The third-order valence-electron chi connectivity index (χ3n) is 4.19. The van der Waals surface area contributed by atoms with Crippen LogP contribution in [0.15, 0.2) is 36.5 Å². The third kappa shape index (κ3) is 6.48. The number of rotatable bonds is 5. The van der Waals surface area contributed by atoms with Crippen molar-refractivity contribution in [1.29, 1.82) is 0 Å². The third-order valence-corrected chi connectivity index (χ3v) is 4.19. The van der Waals surface area contributed by atoms with Gasteiger partial charge in [0.2, 0.25) is 0 Å². The highest BCUT2D eigenvalue weighted by Crippen LogP contribution is 2.27. The van der Waals surface area contributed by atoms with Gasteiger partial charge in [0, 0.05) is 44.9 Å². The van der Waals surface area contributed by atoms with Gasteiger partial charge in [0.15, 0.2) is 6.61 Å². The van der Waals surface area contributed by atoms with Crippen LogP contribution in [-0.4, -0.2) is 64.7 Å². The van der Waals surface area contributed by atoms with Crippen LogP contribution in [0.25, 0.3) is 0 Å². The maximum Gasteiger partial charge on any atom is 0.490 e. The first-order chi connectivity index (χ1) is 14.1. The van der Waals surface area contributed by atoms with Crippen molar-refractivity contribution in [2.75, 3.05) is 26.9 Å². The summed E-state index contributed by atoms with van der Waals surface area (Å²) < 4.78 is 44.4. The molecule has 3 rings (SSSR count). The van der Waals surface area contributed by atoms with E-state index in [1.54, 1.807) is 11.8 Å². The fourth-order valence-electron chi connectivity index (χ4n) is 2.92. The predicted molar refractivity (Wildman–Crippen MR) is 98.9 cm³/mol. The standard InChI is InChI=1S/C17H21N3O3.C2HF3O2/c1-19-8-13-9-20(10-14(11-22-2)17(13)18-19)16(21)12-23-15-6-4-3-5-7-15;3-2(4,5)1(6)7/h3-8,14H,9-12H2,1-2H3;(H,6,7). The number of aromatic nitrogens is 2. The van der Waals surface area contributed by atoms with Crippen LogP contribution in [-0.2, 0) is 27.9 Å². The number of hydrogen-bond acceptors (Lipinski definition) is 5. The molecule has 8 nitrogen and oxygen atoms in total. The fraction of sp³-hybridized carbons (Fsp3) is 0.421. The Bertz CT molecular complexity index is 855. The molecule has 1 N–H and O–H groups in total. The number of fused-ring (bicyclic) bond motifs is 1. The van der Waals surface area contributed by atoms with E-state index in [1.807, 2.05) is 48.5 Å². The van der Waals surface area contributed by atoms with Gasteiger partial charge in [-0.15, -0.1) is 0 Å². The Labute approximate surface area is 170 Å². The van der Waals surface area contributed by atoms with Gasteiger partial charge in [0.05, 0.1) is 12.3 Å². The summed E-state index contributed by atoms with van der Waals surface area (Å²) in [5.41, 5.74) is 2.11. The van der Waals surface area contributed by atoms with Gasteiger partial charge in [-0.05, 0) is 12.1 Å². The molecule has 1 atom stereocenters. The largest absolute Gasteiger partial charge is 0.490 e. The minimum absolute atomic E-state index is 0.0236. The number of carbonyl (C=O) groups is 2. The summed E-state index contributed by atoms with van der Waals surface area (Å²) in [4.78, 5) is 23.2. The summed E-state index contributed by atoms with van der Waals surface area (Å²) in [5, 5.41) is 11.6. The molecule has 30 heavy (non-hydrogen) atoms. The number of carboxylic acid groups (broad SMARTS) is 1. The average molecular weight is 429 g/mol. The number of aliphatic carboxylic acids is 1. The van der Waals surface area contributed by atoms with E-state index in [0.29, 0.717) is 25.4 Å². The van der Waals surface area contributed by atoms with Crippen molar-refractivity contribution in [2.24, 2.45) is 7.05 Å². The minimum atomic E-state index is -5.08. The number of methoxy groups -OCH3 is 1. The fourth-order valence-corrected chi connectivity index (χ4v) is 2.92. The normalized spacial score (nSPS) is 15.6. The van der Waals surface area contributed by atoms with Crippen molar-refractivity contribution < 1.29 is 37.3 Å². The minimum Gasteiger partial charge on any atom is -0.484 e. The maximum atomic E-state index is 12.5. The molecule has 1 aliphatic heterocycles. The molecule has 1 amide bonds. The quantitative estimate of drug-likeness (QED) is 0.783. The summed E-state index contributed by atoms with van der Waals surface area (Å²) in [6, 6.07) is 9.37. The molecule has 1 aromatic heterocycles. The Morgan fingerprint density at radius 1 is 1.27 bits per heavy atom. The number of amides is 1. The lowest BCUT2D eigenvalue weighted by Gasteiger charge is -2.31. The van der Waals surface area contributed by atoms with Gasteiger partial charge in [0.25, 0.3) is 5.91 Å². The van der Waals surface area contributed by atoms with Crippen LogP contribution >= 0.6 is 0 Å². The lowest BCUT2D eigenvalue weighted by Crippen LogP contribution is -2.41. The molecule has 0 saturated heterocycles. The highest BCUT2D eigenvalue weighted by Gasteiger charge is 2.38. The molecule has 0 aliphatic carbocycles. The zero-order valence-electron chi connectivity index (χ0n) is 16.4. The van der Waals surface area contributed by atoms with E-state index in [2.05, 4.69) is 5.10 Å². The van der Waals surface area contributed by atoms with Gasteiger partial charge < -0.3 is 19.5 Å². The first-order valence-corrected chi connectivity index (χ1v) is 8.89. The molecule has 1 unspecified atom stereocenters. The maximum absolute atomic E-state index is 12.5. The van der Waals surface area contributed by atoms with E-state index in [9.17, 15) is 18.0 Å². The number of benzene rings is 1. The molecule has 1 aliphatic rings. The molecule has 0 bridgehead atoms. The summed E-state index contributed by atoms with van der Waals surface area (Å²) in [7, 11) is 3.56. The topological polar surface area (TPSA) is 93.9 Å². The molecule has 0 radical (unpaired) electrons. The van der Waals surface area contributed by atoms with Crippen molar-refractivity contribution in [3.05, 3.63) is 47.8 Å². The van der Waals surface area contributed by atoms with Gasteiger partial charge in [-0.3, -0.25) is 9.48 Å². The van der Waals surface area contributed by atoms with Crippen LogP contribution < -0.4 is 4.74 Å². The van der Waals surface area contributed by atoms with Crippen molar-refractivity contribution in [1.82, 2.24) is 14.7 Å². The number of carboxylic acids is 1. The van der Waals surface area contributed by atoms with Crippen LogP contribution in [0.4, 0.5) is 13.2 Å². The first-order valence-electron chi connectivity index (χ1n) is 8.89. The molecule has 2 heterocycles. The van der Waals surface area contributed by atoms with Gasteiger partial charge >= 0.3 is 12.1 Å². The number of carbonyl (C=O) groups excluding carboxylic acids is 1. The SMILES string of the molecule is COCC1CN(C(=O)COc2ccccc2)Cc2cn(C)nc21.O=C(O)C(F)(F)F. The summed E-state index contributed by atoms with van der Waals surface area (Å²) in [5.74, 6) is -1.98. The average Bonchev–Trinajstić information content (AvgIpc) is 3.07. The molecule has 0 saturated carbocycles. The Balaban J connectivity index is 0.000000396. The van der Waals surface area contributed by atoms with Crippen molar-refractivity contribution in [3.8, 4) is 5.75 Å².